The molecule has 1 rings (SSSR count). The number of hydrogen-bond acceptors (Lipinski definition) is 1. The summed E-state index contributed by atoms with van der Waals surface area (Å²) >= 11 is 8.09. The molecule has 0 saturated carbocycles. The molecule has 0 saturated heterocycles. The Morgan fingerprint density at radius 2 is 1.80 bits per heavy atom. The van der Waals surface area contributed by atoms with Crippen molar-refractivity contribution in [3.8, 4) is 0 Å². The number of halogens is 5. The number of hydrogen-bond donors (Lipinski definition) is 1. The Bertz CT molecular complexity index is 368. The van der Waals surface area contributed by atoms with Crippen LogP contribution >= 0.6 is 27.5 Å². The van der Waals surface area contributed by atoms with Crippen molar-refractivity contribution in [3.63, 3.8) is 0 Å². The van der Waals surface area contributed by atoms with E-state index in [1.54, 1.807) is 6.92 Å². The van der Waals surface area contributed by atoms with Crippen molar-refractivity contribution < 1.29 is 13.2 Å². The first-order valence-electron chi connectivity index (χ1n) is 4.13. The van der Waals surface area contributed by atoms with Crippen LogP contribution in [0.2, 0.25) is 5.02 Å². The topological polar surface area (TPSA) is 26.0 Å². The lowest BCUT2D eigenvalue weighted by Crippen LogP contribution is -2.13. The van der Waals surface area contributed by atoms with Crippen LogP contribution in [-0.2, 0) is 0 Å². The summed E-state index contributed by atoms with van der Waals surface area (Å²) in [4.78, 5) is 0. The summed E-state index contributed by atoms with van der Waals surface area (Å²) in [5.74, 6) is -4.05. The van der Waals surface area contributed by atoms with Crippen molar-refractivity contribution in [2.24, 2.45) is 5.73 Å². The first kappa shape index (κ1) is 12.8. The van der Waals surface area contributed by atoms with E-state index >= 15 is 0 Å². The Balaban J connectivity index is 3.52. The summed E-state index contributed by atoms with van der Waals surface area (Å²) in [5.41, 5.74) is 5.19. The predicted molar refractivity (Wildman–Crippen MR) is 56.5 cm³/mol. The molecule has 1 nitrogen and oxygen atoms in total. The molecule has 0 aromatic heterocycles. The fourth-order valence-electron chi connectivity index (χ4n) is 1.17. The molecule has 84 valence electrons. The van der Waals surface area contributed by atoms with E-state index in [4.69, 9.17) is 17.3 Å². The van der Waals surface area contributed by atoms with Crippen LogP contribution in [0.1, 0.15) is 18.4 Å². The van der Waals surface area contributed by atoms with Gasteiger partial charge in [0, 0.05) is 5.56 Å². The Morgan fingerprint density at radius 3 is 2.27 bits per heavy atom. The molecule has 1 atom stereocenters. The zero-order chi connectivity index (χ0) is 11.7. The van der Waals surface area contributed by atoms with Crippen molar-refractivity contribution in [2.45, 2.75) is 12.8 Å². The maximum Gasteiger partial charge on any atom is 0.180 e. The summed E-state index contributed by atoms with van der Waals surface area (Å²) < 4.78 is 39.7. The molecule has 0 aliphatic heterocycles. The van der Waals surface area contributed by atoms with Gasteiger partial charge in [-0.25, -0.2) is 13.2 Å². The molecule has 1 aromatic carbocycles. The summed E-state index contributed by atoms with van der Waals surface area (Å²) in [5, 5.41) is -0.854. The SMILES string of the molecule is CC(CN)c1c(F)c(F)c(Cl)c(F)c1Br. The van der Waals surface area contributed by atoms with Gasteiger partial charge in [0.15, 0.2) is 17.5 Å². The van der Waals surface area contributed by atoms with Crippen LogP contribution in [0.5, 0.6) is 0 Å². The van der Waals surface area contributed by atoms with Gasteiger partial charge in [0.25, 0.3) is 0 Å². The van der Waals surface area contributed by atoms with Gasteiger partial charge in [-0.3, -0.25) is 0 Å². The van der Waals surface area contributed by atoms with Crippen molar-refractivity contribution >= 4 is 27.5 Å². The Morgan fingerprint density at radius 1 is 1.27 bits per heavy atom. The quantitative estimate of drug-likeness (QED) is 0.656. The summed E-state index contributed by atoms with van der Waals surface area (Å²) in [7, 11) is 0. The molecular weight excluding hydrogens is 294 g/mol. The second kappa shape index (κ2) is 4.72. The lowest BCUT2D eigenvalue weighted by atomic mass is 10.0. The Labute approximate surface area is 98.5 Å². The molecule has 0 aliphatic carbocycles. The van der Waals surface area contributed by atoms with Crippen molar-refractivity contribution in [3.05, 3.63) is 32.5 Å². The zero-order valence-electron chi connectivity index (χ0n) is 7.75. The molecular formula is C9H8BrClF3N. The van der Waals surface area contributed by atoms with Gasteiger partial charge >= 0.3 is 0 Å². The fourth-order valence-corrected chi connectivity index (χ4v) is 2.23. The van der Waals surface area contributed by atoms with Crippen molar-refractivity contribution in [1.82, 2.24) is 0 Å². The van der Waals surface area contributed by atoms with Crippen molar-refractivity contribution in [2.75, 3.05) is 6.54 Å². The summed E-state index contributed by atoms with van der Waals surface area (Å²) in [6.45, 7) is 1.64. The predicted octanol–water partition coefficient (Wildman–Crippen LogP) is 3.58. The molecule has 0 bridgehead atoms. The first-order valence-corrected chi connectivity index (χ1v) is 5.30. The van der Waals surface area contributed by atoms with Gasteiger partial charge in [-0.1, -0.05) is 18.5 Å². The molecule has 0 fully saturated rings. The van der Waals surface area contributed by atoms with E-state index in [1.807, 2.05) is 0 Å². The average Bonchev–Trinajstić information content (AvgIpc) is 2.23. The van der Waals surface area contributed by atoms with E-state index in [0.717, 1.165) is 0 Å². The minimum Gasteiger partial charge on any atom is -0.330 e. The van der Waals surface area contributed by atoms with E-state index in [9.17, 15) is 13.2 Å². The number of rotatable bonds is 2. The van der Waals surface area contributed by atoms with Crippen LogP contribution in [0, 0.1) is 17.5 Å². The fraction of sp³-hybridized carbons (Fsp3) is 0.333. The van der Waals surface area contributed by atoms with Gasteiger partial charge in [0.05, 0.1) is 4.47 Å². The second-order valence-electron chi connectivity index (χ2n) is 3.12. The lowest BCUT2D eigenvalue weighted by Gasteiger charge is -2.14. The smallest absolute Gasteiger partial charge is 0.180 e. The third-order valence-corrected chi connectivity index (χ3v) is 3.20. The van der Waals surface area contributed by atoms with Gasteiger partial charge in [0.1, 0.15) is 5.02 Å². The Kier molecular flexibility index (Phi) is 4.03. The lowest BCUT2D eigenvalue weighted by molar-refractivity contribution is 0.475. The highest BCUT2D eigenvalue weighted by Gasteiger charge is 2.25. The molecule has 1 unspecified atom stereocenters. The van der Waals surface area contributed by atoms with Gasteiger partial charge in [-0.15, -0.1) is 0 Å². The highest BCUT2D eigenvalue weighted by Crippen LogP contribution is 2.35. The van der Waals surface area contributed by atoms with Crippen LogP contribution in [0.4, 0.5) is 13.2 Å². The normalized spacial score (nSPS) is 13.0. The summed E-state index contributed by atoms with van der Waals surface area (Å²) in [6.07, 6.45) is 0. The highest BCUT2D eigenvalue weighted by molar-refractivity contribution is 9.10. The van der Waals surface area contributed by atoms with E-state index in [1.165, 1.54) is 0 Å². The van der Waals surface area contributed by atoms with Gasteiger partial charge < -0.3 is 5.73 Å². The number of benzene rings is 1. The molecule has 0 aliphatic rings. The van der Waals surface area contributed by atoms with E-state index in [-0.39, 0.29) is 16.6 Å². The molecule has 1 aromatic rings. The van der Waals surface area contributed by atoms with Gasteiger partial charge in [-0.2, -0.15) is 0 Å². The zero-order valence-corrected chi connectivity index (χ0v) is 10.1. The highest BCUT2D eigenvalue weighted by atomic mass is 79.9. The minimum absolute atomic E-state index is 0.0794. The molecule has 0 spiro atoms. The molecule has 0 heterocycles. The van der Waals surface area contributed by atoms with Crippen LogP contribution in [0.15, 0.2) is 4.47 Å². The van der Waals surface area contributed by atoms with Gasteiger partial charge in [-0.05, 0) is 28.4 Å². The van der Waals surface area contributed by atoms with Crippen LogP contribution in [0.25, 0.3) is 0 Å². The average molecular weight is 303 g/mol. The third kappa shape index (κ3) is 2.14. The summed E-state index contributed by atoms with van der Waals surface area (Å²) in [6, 6.07) is 0. The number of nitrogens with two attached hydrogens (primary N) is 1. The third-order valence-electron chi connectivity index (χ3n) is 2.09. The van der Waals surface area contributed by atoms with Gasteiger partial charge in [0.2, 0.25) is 0 Å². The standard InChI is InChI=1S/C9H8BrClF3N/c1-3(2-15)4-5(10)8(13)6(11)9(14)7(4)12/h3H,2,15H2,1H3. The van der Waals surface area contributed by atoms with E-state index in [2.05, 4.69) is 15.9 Å². The maximum absolute atomic E-state index is 13.4. The van der Waals surface area contributed by atoms with E-state index < -0.39 is 28.4 Å². The van der Waals surface area contributed by atoms with Crippen molar-refractivity contribution in [1.29, 1.82) is 0 Å². The first-order chi connectivity index (χ1) is 6.91. The van der Waals surface area contributed by atoms with Crippen LogP contribution < -0.4 is 5.73 Å². The Hall–Kier alpha value is -0.260. The van der Waals surface area contributed by atoms with Crippen LogP contribution in [0.3, 0.4) is 0 Å². The minimum atomic E-state index is -1.38. The molecule has 0 amide bonds. The maximum atomic E-state index is 13.4. The van der Waals surface area contributed by atoms with Crippen LogP contribution in [-0.4, -0.2) is 6.54 Å². The second-order valence-corrected chi connectivity index (χ2v) is 4.29. The molecule has 15 heavy (non-hydrogen) atoms. The largest absolute Gasteiger partial charge is 0.330 e. The van der Waals surface area contributed by atoms with E-state index in [0.29, 0.717) is 0 Å². The molecule has 2 N–H and O–H groups in total. The molecule has 6 heteroatoms. The monoisotopic (exact) mass is 301 g/mol. The molecule has 0 radical (unpaired) electrons.